The Labute approximate surface area is 166 Å². The summed E-state index contributed by atoms with van der Waals surface area (Å²) in [5, 5.41) is 2.81. The molecule has 8 heteroatoms. The third kappa shape index (κ3) is 4.05. The molecule has 2 aliphatic heterocycles. The summed E-state index contributed by atoms with van der Waals surface area (Å²) in [6, 6.07) is 3.02. The van der Waals surface area contributed by atoms with E-state index in [9.17, 15) is 9.59 Å². The highest BCUT2D eigenvalue weighted by Crippen LogP contribution is 2.36. The highest BCUT2D eigenvalue weighted by atomic mass is 16.2. The lowest BCUT2D eigenvalue weighted by molar-refractivity contribution is -0.141. The fraction of sp³-hybridized carbons (Fsp3) is 0.700. The van der Waals surface area contributed by atoms with E-state index < -0.39 is 0 Å². The Kier molecular flexibility index (Phi) is 5.37. The molecule has 0 spiro atoms. The van der Waals surface area contributed by atoms with Crippen molar-refractivity contribution in [2.24, 2.45) is 5.92 Å². The van der Waals surface area contributed by atoms with Crippen molar-refractivity contribution in [2.45, 2.75) is 50.6 Å². The van der Waals surface area contributed by atoms with E-state index in [1.54, 1.807) is 6.33 Å². The van der Waals surface area contributed by atoms with Crippen LogP contribution in [0.25, 0.3) is 0 Å². The zero-order chi connectivity index (χ0) is 19.7. The van der Waals surface area contributed by atoms with Crippen molar-refractivity contribution in [3.8, 4) is 0 Å². The number of amides is 2. The molecule has 2 saturated heterocycles. The van der Waals surface area contributed by atoms with Gasteiger partial charge in [-0.15, -0.1) is 0 Å². The lowest BCUT2D eigenvalue weighted by Crippen LogP contribution is -2.50. The average molecular weight is 387 g/mol. The molecule has 1 aromatic rings. The van der Waals surface area contributed by atoms with Crippen LogP contribution in [-0.2, 0) is 9.59 Å². The summed E-state index contributed by atoms with van der Waals surface area (Å²) in [5.41, 5.74) is 0. The molecule has 0 aromatic carbocycles. The summed E-state index contributed by atoms with van der Waals surface area (Å²) < 4.78 is 0. The highest BCUT2D eigenvalue weighted by molar-refractivity contribution is 5.87. The van der Waals surface area contributed by atoms with Crippen molar-refractivity contribution >= 4 is 23.5 Å². The molecule has 3 aliphatic rings. The van der Waals surface area contributed by atoms with Crippen molar-refractivity contribution in [1.29, 1.82) is 0 Å². The van der Waals surface area contributed by atoms with Crippen LogP contribution in [0.4, 0.5) is 11.6 Å². The van der Waals surface area contributed by atoms with Gasteiger partial charge in [0.2, 0.25) is 11.8 Å². The van der Waals surface area contributed by atoms with E-state index in [1.165, 1.54) is 12.8 Å². The monoisotopic (exact) mass is 386 g/mol. The molecule has 28 heavy (non-hydrogen) atoms. The molecule has 1 unspecified atom stereocenters. The third-order valence-corrected chi connectivity index (χ3v) is 6.07. The van der Waals surface area contributed by atoms with Crippen LogP contribution in [0.3, 0.4) is 0 Å². The summed E-state index contributed by atoms with van der Waals surface area (Å²) in [6.45, 7) is 2.13. The van der Waals surface area contributed by atoms with Crippen LogP contribution in [0, 0.1) is 5.92 Å². The largest absolute Gasteiger partial charge is 0.363 e. The first-order chi connectivity index (χ1) is 13.5. The molecule has 0 radical (unpaired) electrons. The lowest BCUT2D eigenvalue weighted by atomic mass is 9.94. The van der Waals surface area contributed by atoms with Crippen molar-refractivity contribution in [3.63, 3.8) is 0 Å². The Balaban J connectivity index is 1.41. The van der Waals surface area contributed by atoms with E-state index in [-0.39, 0.29) is 17.7 Å². The molecular formula is C20H30N6O2. The number of hydrogen-bond acceptors (Lipinski definition) is 6. The minimum Gasteiger partial charge on any atom is -0.363 e. The molecule has 8 nitrogen and oxygen atoms in total. The lowest BCUT2D eigenvalue weighted by Gasteiger charge is -2.40. The first kappa shape index (κ1) is 19.0. The molecule has 0 bridgehead atoms. The summed E-state index contributed by atoms with van der Waals surface area (Å²) in [5.74, 6) is 1.92. The van der Waals surface area contributed by atoms with Gasteiger partial charge in [-0.25, -0.2) is 9.97 Å². The minimum absolute atomic E-state index is 0.000137. The Morgan fingerprint density at radius 1 is 1.07 bits per heavy atom. The smallest absolute Gasteiger partial charge is 0.226 e. The number of nitrogens with zero attached hydrogens (tertiary/aromatic N) is 5. The number of hydrogen-bond donors (Lipinski definition) is 1. The maximum atomic E-state index is 12.8. The Bertz CT molecular complexity index is 727. The fourth-order valence-corrected chi connectivity index (χ4v) is 4.37. The minimum atomic E-state index is -0.144. The molecular weight excluding hydrogens is 356 g/mol. The standard InChI is InChI=1S/C20H30N6O2/c1-24(2)17-12-18(23-13-22-17)26(15-3-4-15)16-6-9-25(10-7-16)20(28)14-5-8-21-19(27)11-14/h12-16H,3-11H2,1-2H3,(H,21,27). The summed E-state index contributed by atoms with van der Waals surface area (Å²) >= 11 is 0. The van der Waals surface area contributed by atoms with Gasteiger partial charge in [0.25, 0.3) is 0 Å². The zero-order valence-corrected chi connectivity index (χ0v) is 16.8. The van der Waals surface area contributed by atoms with Gasteiger partial charge in [0, 0.05) is 64.2 Å². The number of rotatable bonds is 5. The molecule has 1 aliphatic carbocycles. The molecule has 152 valence electrons. The molecule has 3 heterocycles. The molecule has 1 N–H and O–H groups in total. The van der Waals surface area contributed by atoms with Gasteiger partial charge < -0.3 is 20.0 Å². The van der Waals surface area contributed by atoms with Crippen molar-refractivity contribution in [2.75, 3.05) is 43.5 Å². The van der Waals surface area contributed by atoms with E-state index in [0.29, 0.717) is 25.0 Å². The number of piperidine rings is 2. The van der Waals surface area contributed by atoms with Crippen LogP contribution < -0.4 is 15.1 Å². The van der Waals surface area contributed by atoms with Crippen LogP contribution in [0.5, 0.6) is 0 Å². The summed E-state index contributed by atoms with van der Waals surface area (Å²) in [4.78, 5) is 39.8. The van der Waals surface area contributed by atoms with Crippen molar-refractivity contribution < 1.29 is 9.59 Å². The normalized spacial score (nSPS) is 23.3. The van der Waals surface area contributed by atoms with Gasteiger partial charge in [0.1, 0.15) is 18.0 Å². The Morgan fingerprint density at radius 3 is 2.39 bits per heavy atom. The van der Waals surface area contributed by atoms with Crippen molar-refractivity contribution in [3.05, 3.63) is 12.4 Å². The van der Waals surface area contributed by atoms with E-state index in [0.717, 1.165) is 44.0 Å². The number of likely N-dealkylation sites (tertiary alicyclic amines) is 1. The van der Waals surface area contributed by atoms with Crippen LogP contribution in [0.1, 0.15) is 38.5 Å². The van der Waals surface area contributed by atoms with E-state index in [4.69, 9.17) is 0 Å². The van der Waals surface area contributed by atoms with Gasteiger partial charge >= 0.3 is 0 Å². The summed E-state index contributed by atoms with van der Waals surface area (Å²) in [7, 11) is 3.98. The second-order valence-electron chi connectivity index (χ2n) is 8.36. The van der Waals surface area contributed by atoms with Crippen LogP contribution in [0.15, 0.2) is 12.4 Å². The number of aromatic nitrogens is 2. The van der Waals surface area contributed by atoms with Crippen molar-refractivity contribution in [1.82, 2.24) is 20.2 Å². The molecule has 1 saturated carbocycles. The van der Waals surface area contributed by atoms with Gasteiger partial charge in [-0.1, -0.05) is 0 Å². The zero-order valence-electron chi connectivity index (χ0n) is 16.8. The predicted octanol–water partition coefficient (Wildman–Crippen LogP) is 1.03. The quantitative estimate of drug-likeness (QED) is 0.814. The topological polar surface area (TPSA) is 81.7 Å². The number of carbonyl (C=O) groups is 2. The van der Waals surface area contributed by atoms with Gasteiger partial charge in [0.05, 0.1) is 0 Å². The first-order valence-electron chi connectivity index (χ1n) is 10.4. The Morgan fingerprint density at radius 2 is 1.75 bits per heavy atom. The van der Waals surface area contributed by atoms with Gasteiger partial charge in [0.15, 0.2) is 0 Å². The fourth-order valence-electron chi connectivity index (χ4n) is 4.37. The maximum Gasteiger partial charge on any atom is 0.226 e. The number of carbonyl (C=O) groups excluding carboxylic acids is 2. The van der Waals surface area contributed by atoms with Gasteiger partial charge in [-0.2, -0.15) is 0 Å². The van der Waals surface area contributed by atoms with E-state index in [2.05, 4.69) is 26.3 Å². The van der Waals surface area contributed by atoms with E-state index in [1.807, 2.05) is 23.9 Å². The highest BCUT2D eigenvalue weighted by Gasteiger charge is 2.38. The molecule has 4 rings (SSSR count). The van der Waals surface area contributed by atoms with Crippen LogP contribution >= 0.6 is 0 Å². The van der Waals surface area contributed by atoms with Crippen LogP contribution in [-0.4, -0.2) is 72.5 Å². The molecule has 3 fully saturated rings. The molecule has 1 atom stereocenters. The maximum absolute atomic E-state index is 12.8. The van der Waals surface area contributed by atoms with Gasteiger partial charge in [-0.05, 0) is 32.1 Å². The molecule has 2 amide bonds. The molecule has 1 aromatic heterocycles. The Hall–Kier alpha value is -2.38. The number of nitrogens with one attached hydrogen (secondary N) is 1. The average Bonchev–Trinajstić information content (AvgIpc) is 3.53. The van der Waals surface area contributed by atoms with E-state index >= 15 is 0 Å². The first-order valence-corrected chi connectivity index (χ1v) is 10.4. The summed E-state index contributed by atoms with van der Waals surface area (Å²) in [6.07, 6.45) is 7.04. The SMILES string of the molecule is CN(C)c1cc(N(C2CC2)C2CCN(C(=O)C3CCNC(=O)C3)CC2)ncn1. The second-order valence-corrected chi connectivity index (χ2v) is 8.36. The van der Waals surface area contributed by atoms with Gasteiger partial charge in [-0.3, -0.25) is 9.59 Å². The third-order valence-electron chi connectivity index (χ3n) is 6.07. The predicted molar refractivity (Wildman–Crippen MR) is 107 cm³/mol. The number of anilines is 2. The van der Waals surface area contributed by atoms with Crippen LogP contribution in [0.2, 0.25) is 0 Å². The second kappa shape index (κ2) is 7.93.